The average molecular weight is 304 g/mol. The summed E-state index contributed by atoms with van der Waals surface area (Å²) in [6.45, 7) is 2.99. The van der Waals surface area contributed by atoms with Crippen molar-refractivity contribution in [3.63, 3.8) is 0 Å². The summed E-state index contributed by atoms with van der Waals surface area (Å²) in [6.07, 6.45) is 3.00. The highest BCUT2D eigenvalue weighted by Crippen LogP contribution is 2.20. The number of hydrogen-bond acceptors (Lipinski definition) is 3. The highest BCUT2D eigenvalue weighted by Gasteiger charge is 2.20. The van der Waals surface area contributed by atoms with E-state index in [0.29, 0.717) is 11.0 Å². The lowest BCUT2D eigenvalue weighted by molar-refractivity contribution is 0.0667. The van der Waals surface area contributed by atoms with Gasteiger partial charge in [0.2, 0.25) is 0 Å². The molecule has 0 spiro atoms. The summed E-state index contributed by atoms with van der Waals surface area (Å²) in [5.74, 6) is 0.0662. The molecule has 0 aliphatic heterocycles. The third-order valence-corrected chi connectivity index (χ3v) is 2.78. The number of aliphatic hydroxyl groups excluding tert-OH is 1. The molecule has 1 heterocycles. The Morgan fingerprint density at radius 1 is 1.48 bits per heavy atom. The SMILES string of the molecule is CC(C)(C)CC(CO)NC(=O)NCc1nccn1C(F)F. The highest BCUT2D eigenvalue weighted by molar-refractivity contribution is 5.74. The maximum absolute atomic E-state index is 12.6. The van der Waals surface area contributed by atoms with Gasteiger partial charge in [0.15, 0.2) is 0 Å². The Morgan fingerprint density at radius 2 is 2.14 bits per heavy atom. The van der Waals surface area contributed by atoms with Crippen LogP contribution in [0, 0.1) is 5.41 Å². The van der Waals surface area contributed by atoms with Gasteiger partial charge in [0.05, 0.1) is 19.2 Å². The topological polar surface area (TPSA) is 79.2 Å². The molecule has 0 aliphatic carbocycles. The van der Waals surface area contributed by atoms with Gasteiger partial charge < -0.3 is 15.7 Å². The molecule has 6 nitrogen and oxygen atoms in total. The van der Waals surface area contributed by atoms with E-state index >= 15 is 0 Å². The van der Waals surface area contributed by atoms with E-state index in [1.807, 2.05) is 20.8 Å². The number of halogens is 2. The molecule has 1 atom stereocenters. The number of nitrogens with zero attached hydrogens (tertiary/aromatic N) is 2. The molecule has 120 valence electrons. The Labute approximate surface area is 122 Å². The number of hydrogen-bond donors (Lipinski definition) is 3. The van der Waals surface area contributed by atoms with Crippen molar-refractivity contribution >= 4 is 6.03 Å². The van der Waals surface area contributed by atoms with Crippen LogP contribution < -0.4 is 10.6 Å². The second-order valence-corrected chi connectivity index (χ2v) is 6.00. The third-order valence-electron chi connectivity index (χ3n) is 2.78. The maximum atomic E-state index is 12.6. The van der Waals surface area contributed by atoms with E-state index in [0.717, 1.165) is 6.20 Å². The van der Waals surface area contributed by atoms with Crippen LogP contribution >= 0.6 is 0 Å². The van der Waals surface area contributed by atoms with Crippen LogP contribution in [0.4, 0.5) is 13.6 Å². The van der Waals surface area contributed by atoms with Gasteiger partial charge in [-0.25, -0.2) is 9.78 Å². The quantitative estimate of drug-likeness (QED) is 0.750. The Hall–Kier alpha value is -1.70. The molecule has 1 rings (SSSR count). The smallest absolute Gasteiger partial charge is 0.319 e. The monoisotopic (exact) mass is 304 g/mol. The largest absolute Gasteiger partial charge is 0.394 e. The standard InChI is InChI=1S/C13H22F2N4O2/c1-13(2,3)6-9(8-20)18-12(21)17-7-10-16-4-5-19(10)11(14)15/h4-5,9,11,20H,6-8H2,1-3H3,(H2,17,18,21). The zero-order valence-electron chi connectivity index (χ0n) is 12.4. The van der Waals surface area contributed by atoms with E-state index in [2.05, 4.69) is 15.6 Å². The number of aliphatic hydroxyl groups is 1. The van der Waals surface area contributed by atoms with Gasteiger partial charge in [-0.05, 0) is 11.8 Å². The summed E-state index contributed by atoms with van der Waals surface area (Å²) in [4.78, 5) is 15.5. The van der Waals surface area contributed by atoms with Crippen molar-refractivity contribution in [2.75, 3.05) is 6.61 Å². The second kappa shape index (κ2) is 7.35. The number of rotatable bonds is 6. The van der Waals surface area contributed by atoms with Crippen LogP contribution in [0.2, 0.25) is 0 Å². The van der Waals surface area contributed by atoms with Crippen molar-refractivity contribution in [3.8, 4) is 0 Å². The van der Waals surface area contributed by atoms with Crippen LogP contribution in [0.25, 0.3) is 0 Å². The van der Waals surface area contributed by atoms with Crippen LogP contribution in [-0.4, -0.2) is 33.3 Å². The Balaban J connectivity index is 2.48. The molecule has 0 saturated carbocycles. The van der Waals surface area contributed by atoms with E-state index < -0.39 is 12.6 Å². The molecule has 1 aromatic heterocycles. The molecule has 21 heavy (non-hydrogen) atoms. The molecular formula is C13H22F2N4O2. The lowest BCUT2D eigenvalue weighted by Gasteiger charge is -2.25. The minimum Gasteiger partial charge on any atom is -0.394 e. The zero-order chi connectivity index (χ0) is 16.0. The van der Waals surface area contributed by atoms with E-state index in [-0.39, 0.29) is 30.4 Å². The minimum absolute atomic E-state index is 0.0490. The Bertz CT molecular complexity index is 457. The first-order valence-electron chi connectivity index (χ1n) is 6.68. The van der Waals surface area contributed by atoms with Crippen LogP contribution in [0.15, 0.2) is 12.4 Å². The van der Waals surface area contributed by atoms with E-state index in [1.54, 1.807) is 0 Å². The fourth-order valence-corrected chi connectivity index (χ4v) is 1.95. The van der Waals surface area contributed by atoms with Crippen LogP contribution in [0.1, 0.15) is 39.6 Å². The van der Waals surface area contributed by atoms with Crippen molar-refractivity contribution in [1.82, 2.24) is 20.2 Å². The first-order valence-corrected chi connectivity index (χ1v) is 6.68. The van der Waals surface area contributed by atoms with Gasteiger partial charge in [-0.3, -0.25) is 4.57 Å². The molecule has 0 radical (unpaired) electrons. The minimum atomic E-state index is -2.70. The first kappa shape index (κ1) is 17.4. The fraction of sp³-hybridized carbons (Fsp3) is 0.692. The van der Waals surface area contributed by atoms with Crippen molar-refractivity contribution in [1.29, 1.82) is 0 Å². The van der Waals surface area contributed by atoms with Crippen LogP contribution in [0.5, 0.6) is 0 Å². The molecule has 1 aromatic rings. The van der Waals surface area contributed by atoms with Crippen LogP contribution in [0.3, 0.4) is 0 Å². The molecule has 3 N–H and O–H groups in total. The number of amides is 2. The van der Waals surface area contributed by atoms with Gasteiger partial charge in [-0.15, -0.1) is 0 Å². The predicted molar refractivity (Wildman–Crippen MR) is 73.8 cm³/mol. The lowest BCUT2D eigenvalue weighted by Crippen LogP contribution is -2.45. The number of carbonyl (C=O) groups is 1. The van der Waals surface area contributed by atoms with Gasteiger partial charge in [0, 0.05) is 12.4 Å². The van der Waals surface area contributed by atoms with Gasteiger partial charge >= 0.3 is 12.6 Å². The summed E-state index contributed by atoms with van der Waals surface area (Å²) < 4.78 is 25.9. The zero-order valence-corrected chi connectivity index (χ0v) is 12.4. The van der Waals surface area contributed by atoms with Gasteiger partial charge in [-0.1, -0.05) is 20.8 Å². The Morgan fingerprint density at radius 3 is 2.67 bits per heavy atom. The van der Waals surface area contributed by atoms with E-state index in [9.17, 15) is 18.7 Å². The van der Waals surface area contributed by atoms with Crippen molar-refractivity contribution in [2.45, 2.75) is 46.3 Å². The van der Waals surface area contributed by atoms with E-state index in [1.165, 1.54) is 6.20 Å². The summed E-state index contributed by atoms with van der Waals surface area (Å²) in [5.41, 5.74) is -0.0490. The van der Waals surface area contributed by atoms with Gasteiger partial charge in [0.1, 0.15) is 5.82 Å². The van der Waals surface area contributed by atoms with Crippen molar-refractivity contribution in [2.24, 2.45) is 5.41 Å². The summed E-state index contributed by atoms with van der Waals surface area (Å²) >= 11 is 0. The molecule has 0 saturated heterocycles. The van der Waals surface area contributed by atoms with Crippen molar-refractivity contribution in [3.05, 3.63) is 18.2 Å². The molecule has 2 amide bonds. The number of nitrogens with one attached hydrogen (secondary N) is 2. The van der Waals surface area contributed by atoms with Crippen molar-refractivity contribution < 1.29 is 18.7 Å². The molecule has 1 unspecified atom stereocenters. The number of alkyl halides is 2. The normalized spacial score (nSPS) is 13.3. The van der Waals surface area contributed by atoms with Crippen LogP contribution in [-0.2, 0) is 6.54 Å². The molecule has 0 aromatic carbocycles. The molecule has 0 bridgehead atoms. The third kappa shape index (κ3) is 6.07. The maximum Gasteiger partial charge on any atom is 0.319 e. The second-order valence-electron chi connectivity index (χ2n) is 6.00. The molecule has 8 heteroatoms. The summed E-state index contributed by atoms with van der Waals surface area (Å²) in [5, 5.41) is 14.3. The fourth-order valence-electron chi connectivity index (χ4n) is 1.95. The van der Waals surface area contributed by atoms with E-state index in [4.69, 9.17) is 0 Å². The average Bonchev–Trinajstić information content (AvgIpc) is 2.82. The number of carbonyl (C=O) groups excluding carboxylic acids is 1. The number of urea groups is 1. The molecular weight excluding hydrogens is 282 g/mol. The summed E-state index contributed by atoms with van der Waals surface area (Å²) in [6, 6.07) is -0.915. The molecule has 0 aliphatic rings. The Kier molecular flexibility index (Phi) is 6.07. The van der Waals surface area contributed by atoms with Gasteiger partial charge in [0.25, 0.3) is 0 Å². The number of imidazole rings is 1. The molecule has 0 fully saturated rings. The van der Waals surface area contributed by atoms with Gasteiger partial charge in [-0.2, -0.15) is 8.78 Å². The summed E-state index contributed by atoms with van der Waals surface area (Å²) in [7, 11) is 0. The lowest BCUT2D eigenvalue weighted by atomic mass is 9.88. The predicted octanol–water partition coefficient (Wildman–Crippen LogP) is 1.87. The highest BCUT2D eigenvalue weighted by atomic mass is 19.3. The first-order chi connectivity index (χ1) is 9.73. The number of aromatic nitrogens is 2.